The summed E-state index contributed by atoms with van der Waals surface area (Å²) in [5, 5.41) is 0. The number of carbonyl (C=O) groups excluding carboxylic acids is 1. The van der Waals surface area contributed by atoms with Gasteiger partial charge in [-0.1, -0.05) is 13.3 Å². The minimum absolute atomic E-state index is 0.250. The van der Waals surface area contributed by atoms with E-state index in [2.05, 4.69) is 11.8 Å². The Morgan fingerprint density at radius 1 is 1.35 bits per heavy atom. The Morgan fingerprint density at radius 3 is 2.53 bits per heavy atom. The smallest absolute Gasteiger partial charge is 0.236 e. The molecule has 4 heteroatoms. The molecule has 100 valence electrons. The zero-order chi connectivity index (χ0) is 12.8. The Balaban J connectivity index is 2.44. The molecule has 0 aromatic carbocycles. The number of hydrogen-bond donors (Lipinski definition) is 1. The van der Waals surface area contributed by atoms with Crippen LogP contribution in [0.25, 0.3) is 0 Å². The highest BCUT2D eigenvalue weighted by atomic mass is 16.2. The number of nitrogens with zero attached hydrogens (tertiary/aromatic N) is 2. The molecule has 1 aliphatic rings. The summed E-state index contributed by atoms with van der Waals surface area (Å²) in [4.78, 5) is 16.2. The maximum Gasteiger partial charge on any atom is 0.236 e. The average Bonchev–Trinajstić information content (AvgIpc) is 2.33. The summed E-state index contributed by atoms with van der Waals surface area (Å²) < 4.78 is 0. The summed E-state index contributed by atoms with van der Waals surface area (Å²) >= 11 is 0. The third-order valence-electron chi connectivity index (χ3n) is 3.88. The quantitative estimate of drug-likeness (QED) is 0.778. The Kier molecular flexibility index (Phi) is 5.92. The lowest BCUT2D eigenvalue weighted by Gasteiger charge is -2.36. The number of nitrogens with two attached hydrogens (primary N) is 1. The lowest BCUT2D eigenvalue weighted by molar-refractivity contribution is -0.132. The summed E-state index contributed by atoms with van der Waals surface area (Å²) in [6.07, 6.45) is 2.13. The van der Waals surface area contributed by atoms with Gasteiger partial charge in [0.15, 0.2) is 0 Å². The number of rotatable bonds is 5. The molecule has 0 saturated carbocycles. The molecule has 1 amide bonds. The minimum atomic E-state index is 0.250. The van der Waals surface area contributed by atoms with Crippen molar-refractivity contribution in [2.75, 3.05) is 32.7 Å². The lowest BCUT2D eigenvalue weighted by Crippen LogP contribution is -2.50. The first-order chi connectivity index (χ1) is 8.12. The third kappa shape index (κ3) is 3.96. The van der Waals surface area contributed by atoms with Crippen LogP contribution in [0, 0.1) is 5.92 Å². The number of likely N-dealkylation sites (N-methyl/N-ethyl adjacent to an activating group) is 1. The summed E-state index contributed by atoms with van der Waals surface area (Å²) in [6.45, 7) is 10.4. The molecule has 2 unspecified atom stereocenters. The molecule has 1 fully saturated rings. The van der Waals surface area contributed by atoms with Crippen LogP contribution in [0.1, 0.15) is 33.6 Å². The van der Waals surface area contributed by atoms with Crippen LogP contribution in [0.3, 0.4) is 0 Å². The van der Waals surface area contributed by atoms with Crippen molar-refractivity contribution in [3.05, 3.63) is 0 Å². The van der Waals surface area contributed by atoms with E-state index in [0.29, 0.717) is 18.5 Å². The van der Waals surface area contributed by atoms with Gasteiger partial charge in [0.05, 0.1) is 6.54 Å². The van der Waals surface area contributed by atoms with Crippen molar-refractivity contribution in [2.45, 2.75) is 39.7 Å². The van der Waals surface area contributed by atoms with Gasteiger partial charge in [0, 0.05) is 32.2 Å². The highest BCUT2D eigenvalue weighted by Crippen LogP contribution is 2.18. The van der Waals surface area contributed by atoms with E-state index in [4.69, 9.17) is 5.73 Å². The summed E-state index contributed by atoms with van der Waals surface area (Å²) in [7, 11) is 0. The second-order valence-electron chi connectivity index (χ2n) is 4.92. The van der Waals surface area contributed by atoms with Crippen molar-refractivity contribution < 1.29 is 4.79 Å². The molecule has 1 saturated heterocycles. The van der Waals surface area contributed by atoms with Crippen LogP contribution in [0.2, 0.25) is 0 Å². The van der Waals surface area contributed by atoms with Crippen LogP contribution < -0.4 is 5.73 Å². The van der Waals surface area contributed by atoms with E-state index < -0.39 is 0 Å². The highest BCUT2D eigenvalue weighted by molar-refractivity contribution is 5.78. The standard InChI is InChI=1S/C13H27N3O/c1-4-11-9-15(8-7-12(11)14)10-13(17)16(5-2)6-3/h11-12H,4-10,14H2,1-3H3. The predicted molar refractivity (Wildman–Crippen MR) is 70.7 cm³/mol. The maximum atomic E-state index is 12.0. The minimum Gasteiger partial charge on any atom is -0.342 e. The largest absolute Gasteiger partial charge is 0.342 e. The fourth-order valence-electron chi connectivity index (χ4n) is 2.57. The van der Waals surface area contributed by atoms with E-state index in [1.165, 1.54) is 0 Å². The van der Waals surface area contributed by atoms with Gasteiger partial charge in [-0.15, -0.1) is 0 Å². The molecule has 0 spiro atoms. The highest BCUT2D eigenvalue weighted by Gasteiger charge is 2.26. The molecule has 0 aromatic heterocycles. The predicted octanol–water partition coefficient (Wildman–Crippen LogP) is 0.914. The van der Waals surface area contributed by atoms with Gasteiger partial charge in [0.25, 0.3) is 0 Å². The van der Waals surface area contributed by atoms with Crippen LogP contribution in [0.5, 0.6) is 0 Å². The second kappa shape index (κ2) is 6.97. The SMILES string of the molecule is CCC1CN(CC(=O)N(CC)CC)CCC1N. The Labute approximate surface area is 105 Å². The van der Waals surface area contributed by atoms with E-state index in [1.807, 2.05) is 18.7 Å². The van der Waals surface area contributed by atoms with Crippen LogP contribution in [0.4, 0.5) is 0 Å². The van der Waals surface area contributed by atoms with E-state index in [-0.39, 0.29) is 5.91 Å². The maximum absolute atomic E-state index is 12.0. The summed E-state index contributed by atoms with van der Waals surface area (Å²) in [5.41, 5.74) is 6.07. The monoisotopic (exact) mass is 241 g/mol. The normalized spacial score (nSPS) is 25.9. The van der Waals surface area contributed by atoms with Crippen molar-refractivity contribution in [3.63, 3.8) is 0 Å². The molecule has 0 aromatic rings. The Hall–Kier alpha value is -0.610. The third-order valence-corrected chi connectivity index (χ3v) is 3.88. The fourth-order valence-corrected chi connectivity index (χ4v) is 2.57. The van der Waals surface area contributed by atoms with Crippen LogP contribution >= 0.6 is 0 Å². The Morgan fingerprint density at radius 2 is 2.00 bits per heavy atom. The van der Waals surface area contributed by atoms with Gasteiger partial charge in [-0.3, -0.25) is 9.69 Å². The molecule has 0 aliphatic carbocycles. The molecule has 4 nitrogen and oxygen atoms in total. The summed E-state index contributed by atoms with van der Waals surface area (Å²) in [6, 6.07) is 0.319. The molecular formula is C13H27N3O. The van der Waals surface area contributed by atoms with Gasteiger partial charge in [-0.05, 0) is 26.2 Å². The molecule has 1 aliphatic heterocycles. The number of hydrogen-bond acceptors (Lipinski definition) is 3. The van der Waals surface area contributed by atoms with Crippen LogP contribution in [-0.4, -0.2) is 54.5 Å². The van der Waals surface area contributed by atoms with E-state index >= 15 is 0 Å². The average molecular weight is 241 g/mol. The van der Waals surface area contributed by atoms with E-state index in [0.717, 1.165) is 39.0 Å². The molecule has 17 heavy (non-hydrogen) atoms. The van der Waals surface area contributed by atoms with Gasteiger partial charge in [-0.2, -0.15) is 0 Å². The van der Waals surface area contributed by atoms with Crippen molar-refractivity contribution in [1.82, 2.24) is 9.80 Å². The molecule has 1 rings (SSSR count). The number of piperidine rings is 1. The van der Waals surface area contributed by atoms with Gasteiger partial charge in [0.1, 0.15) is 0 Å². The first kappa shape index (κ1) is 14.5. The van der Waals surface area contributed by atoms with Crippen molar-refractivity contribution >= 4 is 5.91 Å². The zero-order valence-corrected chi connectivity index (χ0v) is 11.5. The van der Waals surface area contributed by atoms with Gasteiger partial charge in [0.2, 0.25) is 5.91 Å². The molecule has 0 bridgehead atoms. The van der Waals surface area contributed by atoms with Crippen molar-refractivity contribution in [2.24, 2.45) is 11.7 Å². The molecular weight excluding hydrogens is 214 g/mol. The zero-order valence-electron chi connectivity index (χ0n) is 11.5. The van der Waals surface area contributed by atoms with E-state index in [1.54, 1.807) is 0 Å². The summed E-state index contributed by atoms with van der Waals surface area (Å²) in [5.74, 6) is 0.800. The Bertz CT molecular complexity index is 241. The second-order valence-corrected chi connectivity index (χ2v) is 4.92. The molecule has 2 N–H and O–H groups in total. The van der Waals surface area contributed by atoms with Crippen LogP contribution in [0.15, 0.2) is 0 Å². The van der Waals surface area contributed by atoms with Crippen molar-refractivity contribution in [3.8, 4) is 0 Å². The fraction of sp³-hybridized carbons (Fsp3) is 0.923. The molecule has 1 heterocycles. The first-order valence-electron chi connectivity index (χ1n) is 6.88. The van der Waals surface area contributed by atoms with Gasteiger partial charge >= 0.3 is 0 Å². The van der Waals surface area contributed by atoms with Gasteiger partial charge in [-0.25, -0.2) is 0 Å². The topological polar surface area (TPSA) is 49.6 Å². The van der Waals surface area contributed by atoms with Crippen LogP contribution in [-0.2, 0) is 4.79 Å². The van der Waals surface area contributed by atoms with E-state index in [9.17, 15) is 4.79 Å². The number of amides is 1. The molecule has 2 atom stereocenters. The van der Waals surface area contributed by atoms with Crippen molar-refractivity contribution in [1.29, 1.82) is 0 Å². The number of carbonyl (C=O) groups is 1. The van der Waals surface area contributed by atoms with Gasteiger partial charge < -0.3 is 10.6 Å². The number of likely N-dealkylation sites (tertiary alicyclic amines) is 1. The molecule has 0 radical (unpaired) electrons. The lowest BCUT2D eigenvalue weighted by atomic mass is 9.91. The first-order valence-corrected chi connectivity index (χ1v) is 6.88.